The summed E-state index contributed by atoms with van der Waals surface area (Å²) in [5.74, 6) is 0.562. The SMILES string of the molecule is CN(C)c1ccc(CNC(=O)CCS(=O)(=O)C2CCCC2)cn1. The summed E-state index contributed by atoms with van der Waals surface area (Å²) in [6.45, 7) is 0.364. The lowest BCUT2D eigenvalue weighted by Crippen LogP contribution is -2.28. The third-order valence-electron chi connectivity index (χ3n) is 4.18. The zero-order valence-electron chi connectivity index (χ0n) is 13.8. The average Bonchev–Trinajstić information content (AvgIpc) is 3.06. The van der Waals surface area contributed by atoms with Crippen LogP contribution in [0.1, 0.15) is 37.7 Å². The maximum Gasteiger partial charge on any atom is 0.221 e. The van der Waals surface area contributed by atoms with Crippen LogP contribution < -0.4 is 10.2 Å². The number of rotatable bonds is 7. The monoisotopic (exact) mass is 339 g/mol. The van der Waals surface area contributed by atoms with Crippen LogP contribution in [-0.2, 0) is 21.2 Å². The van der Waals surface area contributed by atoms with Crippen LogP contribution in [0.3, 0.4) is 0 Å². The predicted octanol–water partition coefficient (Wildman–Crippen LogP) is 1.51. The molecular weight excluding hydrogens is 314 g/mol. The van der Waals surface area contributed by atoms with Gasteiger partial charge in [0.05, 0.1) is 11.0 Å². The Balaban J connectivity index is 1.76. The number of nitrogens with one attached hydrogen (secondary N) is 1. The lowest BCUT2D eigenvalue weighted by molar-refractivity contribution is -0.120. The first-order chi connectivity index (χ1) is 10.9. The van der Waals surface area contributed by atoms with E-state index in [9.17, 15) is 13.2 Å². The fourth-order valence-corrected chi connectivity index (χ4v) is 4.58. The molecule has 0 saturated heterocycles. The molecule has 1 saturated carbocycles. The van der Waals surface area contributed by atoms with E-state index in [0.717, 1.165) is 37.1 Å². The first-order valence-electron chi connectivity index (χ1n) is 7.99. The molecule has 1 N–H and O–H groups in total. The van der Waals surface area contributed by atoms with Gasteiger partial charge in [-0.1, -0.05) is 18.9 Å². The predicted molar refractivity (Wildman–Crippen MR) is 91.1 cm³/mol. The van der Waals surface area contributed by atoms with E-state index in [1.165, 1.54) is 0 Å². The number of amides is 1. The minimum atomic E-state index is -3.13. The number of carbonyl (C=O) groups excluding carboxylic acids is 1. The van der Waals surface area contributed by atoms with Crippen LogP contribution in [-0.4, -0.2) is 44.4 Å². The Labute approximate surface area is 138 Å². The summed E-state index contributed by atoms with van der Waals surface area (Å²) in [4.78, 5) is 18.0. The van der Waals surface area contributed by atoms with Crippen molar-refractivity contribution < 1.29 is 13.2 Å². The van der Waals surface area contributed by atoms with Gasteiger partial charge in [-0.05, 0) is 24.5 Å². The maximum absolute atomic E-state index is 12.1. The van der Waals surface area contributed by atoms with Gasteiger partial charge < -0.3 is 10.2 Å². The van der Waals surface area contributed by atoms with Crippen LogP contribution in [0.15, 0.2) is 18.3 Å². The van der Waals surface area contributed by atoms with Gasteiger partial charge in [0.1, 0.15) is 5.82 Å². The quantitative estimate of drug-likeness (QED) is 0.814. The van der Waals surface area contributed by atoms with E-state index in [4.69, 9.17) is 0 Å². The molecule has 7 heteroatoms. The van der Waals surface area contributed by atoms with Gasteiger partial charge in [-0.25, -0.2) is 13.4 Å². The maximum atomic E-state index is 12.1. The number of sulfone groups is 1. The smallest absolute Gasteiger partial charge is 0.221 e. The minimum absolute atomic E-state index is 0.0298. The average molecular weight is 339 g/mol. The first kappa shape index (κ1) is 17.7. The molecule has 1 aromatic rings. The van der Waals surface area contributed by atoms with Crippen LogP contribution in [0, 0.1) is 0 Å². The van der Waals surface area contributed by atoms with Crippen LogP contribution in [0.2, 0.25) is 0 Å². The molecule has 0 atom stereocenters. The van der Waals surface area contributed by atoms with E-state index in [1.807, 2.05) is 31.1 Å². The van der Waals surface area contributed by atoms with Gasteiger partial charge in [-0.15, -0.1) is 0 Å². The number of hydrogen-bond donors (Lipinski definition) is 1. The fraction of sp³-hybridized carbons (Fsp3) is 0.625. The topological polar surface area (TPSA) is 79.4 Å². The van der Waals surface area contributed by atoms with Gasteiger partial charge in [0.15, 0.2) is 9.84 Å². The second kappa shape index (κ2) is 7.77. The van der Waals surface area contributed by atoms with Crippen molar-refractivity contribution in [2.24, 2.45) is 0 Å². The second-order valence-corrected chi connectivity index (χ2v) is 8.62. The Kier molecular flexibility index (Phi) is 5.98. The van der Waals surface area contributed by atoms with Crippen LogP contribution in [0.5, 0.6) is 0 Å². The van der Waals surface area contributed by atoms with Gasteiger partial charge in [0.25, 0.3) is 0 Å². The highest BCUT2D eigenvalue weighted by Gasteiger charge is 2.28. The van der Waals surface area contributed by atoms with E-state index < -0.39 is 9.84 Å². The molecule has 0 aromatic carbocycles. The molecule has 1 amide bonds. The molecule has 0 radical (unpaired) electrons. The third-order valence-corrected chi connectivity index (χ3v) is 6.44. The van der Waals surface area contributed by atoms with Gasteiger partial charge in [-0.2, -0.15) is 0 Å². The van der Waals surface area contributed by atoms with Crippen molar-refractivity contribution in [2.45, 2.75) is 43.9 Å². The molecule has 0 aliphatic heterocycles. The number of aromatic nitrogens is 1. The lowest BCUT2D eigenvalue weighted by atomic mass is 10.2. The number of anilines is 1. The Hall–Kier alpha value is -1.63. The highest BCUT2D eigenvalue weighted by atomic mass is 32.2. The third kappa shape index (κ3) is 5.20. The fourth-order valence-electron chi connectivity index (χ4n) is 2.72. The van der Waals surface area contributed by atoms with Crippen molar-refractivity contribution in [3.63, 3.8) is 0 Å². The summed E-state index contributed by atoms with van der Waals surface area (Å²) in [7, 11) is 0.691. The van der Waals surface area contributed by atoms with E-state index in [0.29, 0.717) is 6.54 Å². The van der Waals surface area contributed by atoms with Crippen molar-refractivity contribution in [3.05, 3.63) is 23.9 Å². The molecule has 0 unspecified atom stereocenters. The number of carbonyl (C=O) groups is 1. The molecule has 1 aromatic heterocycles. The molecule has 1 aliphatic rings. The van der Waals surface area contributed by atoms with Crippen LogP contribution in [0.25, 0.3) is 0 Å². The van der Waals surface area contributed by atoms with E-state index in [2.05, 4.69) is 10.3 Å². The molecule has 1 fully saturated rings. The van der Waals surface area contributed by atoms with Crippen molar-refractivity contribution in [3.8, 4) is 0 Å². The molecule has 6 nitrogen and oxygen atoms in total. The van der Waals surface area contributed by atoms with Crippen molar-refractivity contribution in [1.29, 1.82) is 0 Å². The number of nitrogens with zero attached hydrogens (tertiary/aromatic N) is 2. The van der Waals surface area contributed by atoms with Crippen molar-refractivity contribution in [2.75, 3.05) is 24.7 Å². The highest BCUT2D eigenvalue weighted by molar-refractivity contribution is 7.92. The lowest BCUT2D eigenvalue weighted by Gasteiger charge is -2.12. The standard InChI is InChI=1S/C16H25N3O3S/c1-19(2)15-8-7-13(11-17-15)12-18-16(20)9-10-23(21,22)14-5-3-4-6-14/h7-8,11,14H,3-6,9-10,12H2,1-2H3,(H,18,20). The number of hydrogen-bond acceptors (Lipinski definition) is 5. The second-order valence-electron chi connectivity index (χ2n) is 6.22. The Morgan fingerprint density at radius 2 is 2.00 bits per heavy atom. The first-order valence-corrected chi connectivity index (χ1v) is 9.70. The van der Waals surface area contributed by atoms with E-state index >= 15 is 0 Å². The highest BCUT2D eigenvalue weighted by Crippen LogP contribution is 2.25. The molecule has 0 spiro atoms. The van der Waals surface area contributed by atoms with E-state index in [1.54, 1.807) is 6.20 Å². The molecule has 2 rings (SSSR count). The Morgan fingerprint density at radius 3 is 2.57 bits per heavy atom. The minimum Gasteiger partial charge on any atom is -0.363 e. The van der Waals surface area contributed by atoms with Crippen molar-refractivity contribution in [1.82, 2.24) is 10.3 Å². The normalized spacial score (nSPS) is 15.6. The summed E-state index contributed by atoms with van der Waals surface area (Å²) in [5.41, 5.74) is 0.891. The van der Waals surface area contributed by atoms with Crippen LogP contribution >= 0.6 is 0 Å². The Bertz CT molecular complexity index is 620. The summed E-state index contributed by atoms with van der Waals surface area (Å²) in [6, 6.07) is 3.78. The van der Waals surface area contributed by atoms with Gasteiger partial charge in [-0.3, -0.25) is 4.79 Å². The van der Waals surface area contributed by atoms with Gasteiger partial charge in [0.2, 0.25) is 5.91 Å². The largest absolute Gasteiger partial charge is 0.363 e. The van der Waals surface area contributed by atoms with Gasteiger partial charge >= 0.3 is 0 Å². The van der Waals surface area contributed by atoms with Crippen molar-refractivity contribution >= 4 is 21.6 Å². The molecule has 23 heavy (non-hydrogen) atoms. The zero-order valence-corrected chi connectivity index (χ0v) is 14.6. The summed E-state index contributed by atoms with van der Waals surface area (Å²) < 4.78 is 24.2. The molecular formula is C16H25N3O3S. The Morgan fingerprint density at radius 1 is 1.30 bits per heavy atom. The zero-order chi connectivity index (χ0) is 16.9. The summed E-state index contributed by atoms with van der Waals surface area (Å²) >= 11 is 0. The molecule has 0 bridgehead atoms. The molecule has 1 aliphatic carbocycles. The van der Waals surface area contributed by atoms with Gasteiger partial charge in [0, 0.05) is 33.3 Å². The number of pyridine rings is 1. The summed E-state index contributed by atoms with van der Waals surface area (Å²) in [6.07, 6.45) is 5.19. The molecule has 1 heterocycles. The summed E-state index contributed by atoms with van der Waals surface area (Å²) in [5, 5.41) is 2.52. The van der Waals surface area contributed by atoms with E-state index in [-0.39, 0.29) is 23.3 Å². The van der Waals surface area contributed by atoms with Crippen LogP contribution in [0.4, 0.5) is 5.82 Å². The molecule has 128 valence electrons.